The number of carbonyl (C=O) groups excluding carboxylic acids is 1. The van der Waals surface area contributed by atoms with Gasteiger partial charge in [0.25, 0.3) is 5.91 Å². The molecule has 0 aliphatic carbocycles. The maximum Gasteiger partial charge on any atom is 0.266 e. The smallest absolute Gasteiger partial charge is 0.266 e. The van der Waals surface area contributed by atoms with Gasteiger partial charge in [-0.25, -0.2) is 4.99 Å². The summed E-state index contributed by atoms with van der Waals surface area (Å²) in [7, 11) is 0. The molecule has 0 radical (unpaired) electrons. The Balaban J connectivity index is 1.42. The third-order valence-electron chi connectivity index (χ3n) is 7.03. The number of likely N-dealkylation sites (N-methyl/N-ethyl adjacent to an activating group) is 1. The van der Waals surface area contributed by atoms with Gasteiger partial charge in [-0.15, -0.1) is 0 Å². The van der Waals surface area contributed by atoms with Crippen LogP contribution in [0.3, 0.4) is 0 Å². The van der Waals surface area contributed by atoms with Gasteiger partial charge in [-0.05, 0) is 92.6 Å². The number of hydrogen-bond donors (Lipinski definition) is 0. The molecule has 5 rings (SSSR count). The van der Waals surface area contributed by atoms with Crippen molar-refractivity contribution in [2.75, 3.05) is 37.7 Å². The Bertz CT molecular complexity index is 1350. The molecule has 2 aromatic carbocycles. The van der Waals surface area contributed by atoms with Crippen molar-refractivity contribution in [2.45, 2.75) is 34.1 Å². The molecule has 0 bridgehead atoms. The zero-order valence-corrected chi connectivity index (χ0v) is 22.8. The first-order chi connectivity index (χ1) is 18.0. The number of aromatic nitrogens is 1. The maximum absolute atomic E-state index is 13.3. The number of aliphatic imine (C=N–C) groups is 1. The van der Waals surface area contributed by atoms with Crippen LogP contribution in [0.1, 0.15) is 36.4 Å². The van der Waals surface area contributed by atoms with E-state index >= 15 is 0 Å². The summed E-state index contributed by atoms with van der Waals surface area (Å²) in [6.45, 7) is 12.3. The van der Waals surface area contributed by atoms with Gasteiger partial charge in [-0.2, -0.15) is 0 Å². The minimum atomic E-state index is 0.00921. The van der Waals surface area contributed by atoms with Crippen molar-refractivity contribution in [3.8, 4) is 5.69 Å². The van der Waals surface area contributed by atoms with Gasteiger partial charge in [0.2, 0.25) is 0 Å². The zero-order valence-electron chi connectivity index (χ0n) is 22.0. The first-order valence-corrected chi connectivity index (χ1v) is 13.8. The van der Waals surface area contributed by atoms with Crippen molar-refractivity contribution in [2.24, 2.45) is 4.99 Å². The van der Waals surface area contributed by atoms with Gasteiger partial charge in [0, 0.05) is 42.4 Å². The van der Waals surface area contributed by atoms with Crippen molar-refractivity contribution in [1.29, 1.82) is 0 Å². The van der Waals surface area contributed by atoms with Crippen molar-refractivity contribution < 1.29 is 9.53 Å². The second-order valence-electron chi connectivity index (χ2n) is 9.31. The van der Waals surface area contributed by atoms with E-state index in [-0.39, 0.29) is 5.91 Å². The van der Waals surface area contributed by atoms with Gasteiger partial charge in [-0.3, -0.25) is 9.69 Å². The molecule has 3 aromatic rings. The van der Waals surface area contributed by atoms with E-state index in [2.05, 4.69) is 72.7 Å². The fourth-order valence-electron chi connectivity index (χ4n) is 5.01. The van der Waals surface area contributed by atoms with Crippen molar-refractivity contribution >= 4 is 40.3 Å². The number of thioether (sulfide) groups is 1. The molecule has 2 aliphatic rings. The fraction of sp³-hybridized carbons (Fsp3) is 0.333. The van der Waals surface area contributed by atoms with Crippen LogP contribution in [0.2, 0.25) is 0 Å². The van der Waals surface area contributed by atoms with Crippen LogP contribution in [-0.2, 0) is 16.0 Å². The molecule has 0 atom stereocenters. The molecule has 6 nitrogen and oxygen atoms in total. The van der Waals surface area contributed by atoms with E-state index in [1.165, 1.54) is 28.7 Å². The summed E-state index contributed by atoms with van der Waals surface area (Å²) in [5, 5.41) is 0.725. The molecule has 1 amide bonds. The highest BCUT2D eigenvalue weighted by molar-refractivity contribution is 8.18. The Morgan fingerprint density at radius 3 is 2.46 bits per heavy atom. The lowest BCUT2D eigenvalue weighted by Crippen LogP contribution is -2.36. The number of amides is 1. The summed E-state index contributed by atoms with van der Waals surface area (Å²) in [5.74, 6) is 0.00921. The van der Waals surface area contributed by atoms with E-state index < -0.39 is 0 Å². The van der Waals surface area contributed by atoms with Crippen LogP contribution in [0.25, 0.3) is 11.8 Å². The number of rotatable bonds is 6. The number of carbonyl (C=O) groups is 1. The van der Waals surface area contributed by atoms with Crippen molar-refractivity contribution in [3.05, 3.63) is 82.0 Å². The minimum absolute atomic E-state index is 0.00921. The molecule has 1 aromatic heterocycles. The zero-order chi connectivity index (χ0) is 25.9. The average molecular weight is 515 g/mol. The molecule has 0 saturated carbocycles. The Hall–Kier alpha value is -3.29. The lowest BCUT2D eigenvalue weighted by Gasteiger charge is -2.28. The molecular weight excluding hydrogens is 480 g/mol. The maximum atomic E-state index is 13.3. The second-order valence-corrected chi connectivity index (χ2v) is 10.3. The van der Waals surface area contributed by atoms with Gasteiger partial charge in [0.1, 0.15) is 0 Å². The Labute approximate surface area is 223 Å². The van der Waals surface area contributed by atoms with Crippen molar-refractivity contribution in [3.63, 3.8) is 0 Å². The first-order valence-electron chi connectivity index (χ1n) is 13.0. The average Bonchev–Trinajstić information content (AvgIpc) is 3.38. The van der Waals surface area contributed by atoms with Gasteiger partial charge >= 0.3 is 0 Å². The highest BCUT2D eigenvalue weighted by Gasteiger charge is 2.32. The molecule has 37 heavy (non-hydrogen) atoms. The van der Waals surface area contributed by atoms with Crippen LogP contribution in [-0.4, -0.2) is 53.4 Å². The molecule has 0 spiro atoms. The SMILES string of the molecule is CCc1ccccc1-n1c(C)cc(/C=C2\SC(=Nc3ccc(N4CCOCC4)cc3)N(CC)C2=O)c1C. The van der Waals surface area contributed by atoms with E-state index in [4.69, 9.17) is 9.73 Å². The molecule has 2 saturated heterocycles. The number of amidine groups is 1. The lowest BCUT2D eigenvalue weighted by atomic mass is 10.1. The third kappa shape index (κ3) is 5.11. The van der Waals surface area contributed by atoms with E-state index in [0.29, 0.717) is 11.4 Å². The van der Waals surface area contributed by atoms with Crippen LogP contribution in [0.5, 0.6) is 0 Å². The number of benzene rings is 2. The summed E-state index contributed by atoms with van der Waals surface area (Å²) in [6, 6.07) is 18.9. The van der Waals surface area contributed by atoms with Crippen LogP contribution in [0.15, 0.2) is 64.5 Å². The molecule has 192 valence electrons. The first kappa shape index (κ1) is 25.4. The summed E-state index contributed by atoms with van der Waals surface area (Å²) < 4.78 is 7.75. The number of nitrogens with zero attached hydrogens (tertiary/aromatic N) is 4. The summed E-state index contributed by atoms with van der Waals surface area (Å²) >= 11 is 1.45. The molecule has 0 unspecified atom stereocenters. The second kappa shape index (κ2) is 11.0. The van der Waals surface area contributed by atoms with Gasteiger partial charge < -0.3 is 14.2 Å². The van der Waals surface area contributed by atoms with Crippen molar-refractivity contribution in [1.82, 2.24) is 9.47 Å². The number of morpholine rings is 1. The molecule has 7 heteroatoms. The summed E-state index contributed by atoms with van der Waals surface area (Å²) in [5.41, 5.74) is 7.88. The van der Waals surface area contributed by atoms with Crippen LogP contribution < -0.4 is 4.90 Å². The molecule has 3 heterocycles. The largest absolute Gasteiger partial charge is 0.378 e. The number of para-hydroxylation sites is 1. The van der Waals surface area contributed by atoms with Gasteiger partial charge in [0.05, 0.1) is 23.8 Å². The Kier molecular flexibility index (Phi) is 7.53. The molecular formula is C30H34N4O2S. The number of hydrogen-bond acceptors (Lipinski definition) is 5. The topological polar surface area (TPSA) is 50.1 Å². The quantitative estimate of drug-likeness (QED) is 0.372. The van der Waals surface area contributed by atoms with Crippen LogP contribution in [0, 0.1) is 13.8 Å². The van der Waals surface area contributed by atoms with E-state index in [1.54, 1.807) is 4.90 Å². The predicted octanol–water partition coefficient (Wildman–Crippen LogP) is 6.12. The number of ether oxygens (including phenoxy) is 1. The lowest BCUT2D eigenvalue weighted by molar-refractivity contribution is -0.122. The normalized spacial score (nSPS) is 18.4. The Morgan fingerprint density at radius 1 is 1.03 bits per heavy atom. The predicted molar refractivity (Wildman–Crippen MR) is 154 cm³/mol. The summed E-state index contributed by atoms with van der Waals surface area (Å²) in [4.78, 5) is 22.9. The Morgan fingerprint density at radius 2 is 1.76 bits per heavy atom. The highest BCUT2D eigenvalue weighted by atomic mass is 32.2. The standard InChI is InChI=1S/C30H34N4O2S/c1-5-23-9-7-8-10-27(23)34-21(3)19-24(22(34)4)20-28-29(35)33(6-2)30(37-28)31-25-11-13-26(14-12-25)32-15-17-36-18-16-32/h7-14,19-20H,5-6,15-18H2,1-4H3/b28-20-,31-30?. The molecule has 2 aliphatic heterocycles. The number of anilines is 1. The van der Waals surface area contributed by atoms with Gasteiger partial charge in [0.15, 0.2) is 5.17 Å². The highest BCUT2D eigenvalue weighted by Crippen LogP contribution is 2.36. The van der Waals surface area contributed by atoms with Crippen LogP contribution in [0.4, 0.5) is 11.4 Å². The molecule has 2 fully saturated rings. The third-order valence-corrected chi connectivity index (χ3v) is 8.03. The van der Waals surface area contributed by atoms with E-state index in [0.717, 1.165) is 60.5 Å². The fourth-order valence-corrected chi connectivity index (χ4v) is 6.07. The molecule has 0 N–H and O–H groups in total. The number of aryl methyl sites for hydroxylation is 2. The van der Waals surface area contributed by atoms with Gasteiger partial charge in [-0.1, -0.05) is 25.1 Å². The van der Waals surface area contributed by atoms with E-state index in [1.807, 2.05) is 25.1 Å². The van der Waals surface area contributed by atoms with E-state index in [9.17, 15) is 4.79 Å². The monoisotopic (exact) mass is 514 g/mol. The minimum Gasteiger partial charge on any atom is -0.378 e. The summed E-state index contributed by atoms with van der Waals surface area (Å²) in [6.07, 6.45) is 2.99. The van der Waals surface area contributed by atoms with Crippen LogP contribution >= 0.6 is 11.8 Å².